The lowest BCUT2D eigenvalue weighted by atomic mass is 10.1. The van der Waals surface area contributed by atoms with Gasteiger partial charge in [0.05, 0.1) is 18.4 Å². The summed E-state index contributed by atoms with van der Waals surface area (Å²) in [6.07, 6.45) is 0. The molecule has 0 radical (unpaired) electrons. The first kappa shape index (κ1) is 19.2. The molecule has 2 N–H and O–H groups in total. The van der Waals surface area contributed by atoms with Crippen LogP contribution in [0, 0.1) is 3.57 Å². The van der Waals surface area contributed by atoms with Crippen molar-refractivity contribution >= 4 is 57.7 Å². The van der Waals surface area contributed by atoms with Gasteiger partial charge >= 0.3 is 5.97 Å². The minimum atomic E-state index is -0.566. The van der Waals surface area contributed by atoms with Crippen molar-refractivity contribution in [2.45, 2.75) is 0 Å². The van der Waals surface area contributed by atoms with Gasteiger partial charge in [-0.05, 0) is 59.0 Å². The molecule has 0 aromatic heterocycles. The largest absolute Gasteiger partial charge is 0.468 e. The molecule has 2 aromatic rings. The second-order valence-electron chi connectivity index (χ2n) is 4.91. The van der Waals surface area contributed by atoms with Crippen LogP contribution in [0.3, 0.4) is 0 Å². The van der Waals surface area contributed by atoms with Crippen molar-refractivity contribution in [3.63, 3.8) is 0 Å². The van der Waals surface area contributed by atoms with E-state index in [1.807, 2.05) is 0 Å². The van der Waals surface area contributed by atoms with E-state index in [-0.39, 0.29) is 12.1 Å². The fourth-order valence-corrected chi connectivity index (χ4v) is 2.64. The minimum absolute atomic E-state index is 0.242. The Balaban J connectivity index is 2.21. The number of hydrogen-bond acceptors (Lipinski definition) is 4. The number of carbonyl (C=O) groups excluding carboxylic acids is 3. The zero-order valence-corrected chi connectivity index (χ0v) is 16.1. The minimum Gasteiger partial charge on any atom is -0.468 e. The molecular formula is C17H14ClIN2O4. The molecule has 25 heavy (non-hydrogen) atoms. The lowest BCUT2D eigenvalue weighted by Crippen LogP contribution is -2.31. The first-order valence-electron chi connectivity index (χ1n) is 7.12. The topological polar surface area (TPSA) is 84.5 Å². The maximum Gasteiger partial charge on any atom is 0.325 e. The predicted octanol–water partition coefficient (Wildman–Crippen LogP) is 3.10. The number of carbonyl (C=O) groups is 3. The molecule has 2 aromatic carbocycles. The van der Waals surface area contributed by atoms with E-state index in [9.17, 15) is 14.4 Å². The first-order valence-corrected chi connectivity index (χ1v) is 8.58. The third-order valence-corrected chi connectivity index (χ3v) is 4.09. The summed E-state index contributed by atoms with van der Waals surface area (Å²) in [7, 11) is 1.23. The van der Waals surface area contributed by atoms with E-state index in [1.54, 1.807) is 36.4 Å². The van der Waals surface area contributed by atoms with Gasteiger partial charge in [0.25, 0.3) is 11.8 Å². The molecule has 0 aliphatic carbocycles. The van der Waals surface area contributed by atoms with Crippen LogP contribution in [0.15, 0.2) is 42.5 Å². The van der Waals surface area contributed by atoms with Crippen LogP contribution in [-0.2, 0) is 9.53 Å². The molecule has 0 bridgehead atoms. The maximum absolute atomic E-state index is 12.4. The van der Waals surface area contributed by atoms with E-state index in [0.717, 1.165) is 3.57 Å². The van der Waals surface area contributed by atoms with Crippen molar-refractivity contribution in [2.75, 3.05) is 19.0 Å². The zero-order valence-electron chi connectivity index (χ0n) is 13.1. The number of nitrogens with one attached hydrogen (secondary N) is 2. The molecule has 0 heterocycles. The number of methoxy groups -OCH3 is 1. The van der Waals surface area contributed by atoms with Crippen molar-refractivity contribution < 1.29 is 19.1 Å². The van der Waals surface area contributed by atoms with Crippen LogP contribution in [0.25, 0.3) is 0 Å². The molecule has 8 heteroatoms. The molecule has 2 amide bonds. The fraction of sp³-hybridized carbons (Fsp3) is 0.118. The lowest BCUT2D eigenvalue weighted by molar-refractivity contribution is -0.139. The van der Waals surface area contributed by atoms with Gasteiger partial charge in [0, 0.05) is 14.2 Å². The average molecular weight is 473 g/mol. The van der Waals surface area contributed by atoms with Gasteiger partial charge in [-0.2, -0.15) is 0 Å². The second-order valence-corrected chi connectivity index (χ2v) is 6.60. The van der Waals surface area contributed by atoms with Crippen molar-refractivity contribution in [1.82, 2.24) is 5.32 Å². The van der Waals surface area contributed by atoms with Crippen molar-refractivity contribution in [1.29, 1.82) is 0 Å². The van der Waals surface area contributed by atoms with Gasteiger partial charge in [-0.3, -0.25) is 14.4 Å². The number of benzene rings is 2. The lowest BCUT2D eigenvalue weighted by Gasteiger charge is -2.12. The summed E-state index contributed by atoms with van der Waals surface area (Å²) in [6, 6.07) is 11.5. The zero-order chi connectivity index (χ0) is 18.4. The number of ether oxygens (including phenoxy) is 1. The Morgan fingerprint density at radius 1 is 1.12 bits per heavy atom. The summed E-state index contributed by atoms with van der Waals surface area (Å²) in [6.45, 7) is -0.261. The van der Waals surface area contributed by atoms with E-state index in [1.165, 1.54) is 13.2 Å². The highest BCUT2D eigenvalue weighted by molar-refractivity contribution is 14.1. The number of esters is 1. The van der Waals surface area contributed by atoms with Crippen LogP contribution in [0.4, 0.5) is 5.69 Å². The number of halogens is 2. The Kier molecular flexibility index (Phi) is 6.77. The molecule has 2 rings (SSSR count). The molecule has 130 valence electrons. The standard InChI is InChI=1S/C17H14ClIN2O4/c1-25-15(22)9-20-17(24)13-8-12(19)5-6-14(13)21-16(23)10-3-2-4-11(18)7-10/h2-8H,9H2,1H3,(H,20,24)(H,21,23). The molecule has 0 unspecified atom stereocenters. The molecule has 0 aliphatic rings. The van der Waals surface area contributed by atoms with Crippen molar-refractivity contribution in [2.24, 2.45) is 0 Å². The monoisotopic (exact) mass is 472 g/mol. The highest BCUT2D eigenvalue weighted by Gasteiger charge is 2.16. The van der Waals surface area contributed by atoms with Crippen LogP contribution in [-0.4, -0.2) is 31.4 Å². The van der Waals surface area contributed by atoms with Crippen LogP contribution in [0.5, 0.6) is 0 Å². The van der Waals surface area contributed by atoms with Crippen LogP contribution >= 0.6 is 34.2 Å². The highest BCUT2D eigenvalue weighted by Crippen LogP contribution is 2.20. The van der Waals surface area contributed by atoms with E-state index in [4.69, 9.17) is 11.6 Å². The second kappa shape index (κ2) is 8.82. The normalized spacial score (nSPS) is 10.0. The van der Waals surface area contributed by atoms with Crippen LogP contribution < -0.4 is 10.6 Å². The SMILES string of the molecule is COC(=O)CNC(=O)c1cc(I)ccc1NC(=O)c1cccc(Cl)c1. The third-order valence-electron chi connectivity index (χ3n) is 3.18. The van der Waals surface area contributed by atoms with Crippen molar-refractivity contribution in [3.05, 3.63) is 62.2 Å². The van der Waals surface area contributed by atoms with Gasteiger partial charge in [0.1, 0.15) is 6.54 Å². The highest BCUT2D eigenvalue weighted by atomic mass is 127. The number of amides is 2. The molecule has 0 atom stereocenters. The van der Waals surface area contributed by atoms with Gasteiger partial charge in [-0.15, -0.1) is 0 Å². The summed E-state index contributed by atoms with van der Waals surface area (Å²) in [5, 5.41) is 5.57. The Hall–Kier alpha value is -2.13. The third kappa shape index (κ3) is 5.43. The Morgan fingerprint density at radius 3 is 2.56 bits per heavy atom. The molecule has 0 aliphatic heterocycles. The number of anilines is 1. The molecular weight excluding hydrogens is 459 g/mol. The Bertz CT molecular complexity index is 826. The van der Waals surface area contributed by atoms with Crippen LogP contribution in [0.2, 0.25) is 5.02 Å². The first-order chi connectivity index (χ1) is 11.9. The smallest absolute Gasteiger partial charge is 0.325 e. The Morgan fingerprint density at radius 2 is 1.88 bits per heavy atom. The molecule has 0 saturated carbocycles. The fourth-order valence-electron chi connectivity index (χ4n) is 1.96. The summed E-state index contributed by atoms with van der Waals surface area (Å²) in [5.41, 5.74) is 0.936. The summed E-state index contributed by atoms with van der Waals surface area (Å²) < 4.78 is 5.29. The van der Waals surface area contributed by atoms with Crippen molar-refractivity contribution in [3.8, 4) is 0 Å². The van der Waals surface area contributed by atoms with Gasteiger partial charge in [-0.1, -0.05) is 17.7 Å². The summed E-state index contributed by atoms with van der Waals surface area (Å²) >= 11 is 7.94. The average Bonchev–Trinajstić information content (AvgIpc) is 2.60. The number of rotatable bonds is 5. The Labute approximate surface area is 163 Å². The van der Waals surface area contributed by atoms with E-state index < -0.39 is 17.8 Å². The maximum atomic E-state index is 12.4. The molecule has 0 saturated heterocycles. The van der Waals surface area contributed by atoms with Gasteiger partial charge in [0.2, 0.25) is 0 Å². The molecule has 0 fully saturated rings. The molecule has 6 nitrogen and oxygen atoms in total. The van der Waals surface area contributed by atoms with Gasteiger partial charge < -0.3 is 15.4 Å². The van der Waals surface area contributed by atoms with Crippen LogP contribution in [0.1, 0.15) is 20.7 Å². The van der Waals surface area contributed by atoms with Gasteiger partial charge in [0.15, 0.2) is 0 Å². The quantitative estimate of drug-likeness (QED) is 0.517. The number of hydrogen-bond donors (Lipinski definition) is 2. The summed E-state index contributed by atoms with van der Waals surface area (Å²) in [5.74, 6) is -1.46. The molecule has 0 spiro atoms. The van der Waals surface area contributed by atoms with E-state index in [2.05, 4.69) is 38.0 Å². The van der Waals surface area contributed by atoms with E-state index >= 15 is 0 Å². The predicted molar refractivity (Wildman–Crippen MR) is 103 cm³/mol. The van der Waals surface area contributed by atoms with E-state index in [0.29, 0.717) is 16.3 Å². The summed E-state index contributed by atoms with van der Waals surface area (Å²) in [4.78, 5) is 35.9. The van der Waals surface area contributed by atoms with Gasteiger partial charge in [-0.25, -0.2) is 0 Å².